The van der Waals surface area contributed by atoms with Crippen molar-refractivity contribution in [1.82, 2.24) is 0 Å². The third kappa shape index (κ3) is 21.0. The van der Waals surface area contributed by atoms with Gasteiger partial charge in [-0.15, -0.1) is 0 Å². The Labute approximate surface area is 176 Å². The molecule has 0 saturated carbocycles. The first-order chi connectivity index (χ1) is 13.0. The topological polar surface area (TPSA) is 0 Å². The van der Waals surface area contributed by atoms with Gasteiger partial charge in [-0.05, 0) is 48.5 Å². The predicted molar refractivity (Wildman–Crippen MR) is 130 cm³/mol. The van der Waals surface area contributed by atoms with Gasteiger partial charge in [0.1, 0.15) is 0 Å². The highest BCUT2D eigenvalue weighted by molar-refractivity contribution is 7.79. The van der Waals surface area contributed by atoms with E-state index in [9.17, 15) is 0 Å². The second-order valence-corrected chi connectivity index (χ2v) is 7.43. The lowest BCUT2D eigenvalue weighted by molar-refractivity contribution is 0.626. The summed E-state index contributed by atoms with van der Waals surface area (Å²) in [6, 6.07) is 21.4. The molecule has 154 valence electrons. The summed E-state index contributed by atoms with van der Waals surface area (Å²) in [6.45, 7) is 13.3. The highest BCUT2D eigenvalue weighted by Crippen LogP contribution is 2.07. The zero-order valence-electron chi connectivity index (χ0n) is 18.9. The average molecular weight is 389 g/mol. The van der Waals surface area contributed by atoms with Gasteiger partial charge in [0.25, 0.3) is 0 Å². The van der Waals surface area contributed by atoms with E-state index in [0.29, 0.717) is 0 Å². The molecule has 0 unspecified atom stereocenters. The van der Waals surface area contributed by atoms with Crippen molar-refractivity contribution in [2.75, 3.05) is 6.26 Å². The van der Waals surface area contributed by atoms with Gasteiger partial charge in [-0.2, -0.15) is 12.6 Å². The van der Waals surface area contributed by atoms with Crippen molar-refractivity contribution in [2.45, 2.75) is 73.6 Å². The third-order valence-electron chi connectivity index (χ3n) is 4.25. The molecule has 0 aromatic heterocycles. The third-order valence-corrected chi connectivity index (χ3v) is 4.25. The maximum absolute atomic E-state index is 3.53. The summed E-state index contributed by atoms with van der Waals surface area (Å²) in [5, 5.41) is 0. The Balaban J connectivity index is 0. The summed E-state index contributed by atoms with van der Waals surface area (Å²) in [5.74, 6) is 1.77. The van der Waals surface area contributed by atoms with Crippen LogP contribution in [0.1, 0.15) is 71.9 Å². The van der Waals surface area contributed by atoms with Crippen molar-refractivity contribution in [3.8, 4) is 0 Å². The lowest BCUT2D eigenvalue weighted by Crippen LogP contribution is -1.89. The lowest BCUT2D eigenvalue weighted by atomic mass is 10.0. The summed E-state index contributed by atoms with van der Waals surface area (Å²) in [5.41, 5.74) is 2.88. The van der Waals surface area contributed by atoms with E-state index in [1.807, 2.05) is 0 Å². The predicted octanol–water partition coefficient (Wildman–Crippen LogP) is 8.51. The lowest BCUT2D eigenvalue weighted by Gasteiger charge is -2.01. The monoisotopic (exact) mass is 388 g/mol. The van der Waals surface area contributed by atoms with E-state index in [2.05, 4.69) is 115 Å². The number of thiol groups is 1. The summed E-state index contributed by atoms with van der Waals surface area (Å²) in [7, 11) is 0. The SMILES string of the molecule is CCC(C)C.CCC(C)C.CS.c1ccc(CCCc2ccccc2)cc1. The van der Waals surface area contributed by atoms with E-state index in [1.165, 1.54) is 43.2 Å². The molecule has 0 aliphatic rings. The van der Waals surface area contributed by atoms with Crippen LogP contribution in [0.2, 0.25) is 0 Å². The average Bonchev–Trinajstić information content (AvgIpc) is 2.72. The van der Waals surface area contributed by atoms with Crippen LogP contribution in [0.3, 0.4) is 0 Å². The molecule has 0 radical (unpaired) electrons. The van der Waals surface area contributed by atoms with E-state index in [4.69, 9.17) is 0 Å². The minimum atomic E-state index is 0.884. The Hall–Kier alpha value is -1.21. The fourth-order valence-corrected chi connectivity index (χ4v) is 1.79. The summed E-state index contributed by atoms with van der Waals surface area (Å²) in [4.78, 5) is 0. The maximum Gasteiger partial charge on any atom is -0.0215 e. The van der Waals surface area contributed by atoms with Gasteiger partial charge in [0.2, 0.25) is 0 Å². The zero-order valence-corrected chi connectivity index (χ0v) is 19.8. The maximum atomic E-state index is 3.53. The van der Waals surface area contributed by atoms with Crippen LogP contribution in [0.15, 0.2) is 60.7 Å². The zero-order chi connectivity index (χ0) is 20.9. The van der Waals surface area contributed by atoms with Gasteiger partial charge in [-0.3, -0.25) is 0 Å². The summed E-state index contributed by atoms with van der Waals surface area (Å²) < 4.78 is 0. The molecule has 2 rings (SSSR count). The quantitative estimate of drug-likeness (QED) is 0.471. The molecule has 1 heteroatoms. The number of hydrogen-bond acceptors (Lipinski definition) is 1. The largest absolute Gasteiger partial charge is 0.183 e. The van der Waals surface area contributed by atoms with Crippen molar-refractivity contribution in [2.24, 2.45) is 11.8 Å². The molecule has 0 atom stereocenters. The number of benzene rings is 2. The molecule has 0 bridgehead atoms. The summed E-state index contributed by atoms with van der Waals surface area (Å²) >= 11 is 3.53. The van der Waals surface area contributed by atoms with Gasteiger partial charge >= 0.3 is 0 Å². The second kappa shape index (κ2) is 21.1. The Morgan fingerprint density at radius 1 is 0.593 bits per heavy atom. The number of aryl methyl sites for hydroxylation is 2. The van der Waals surface area contributed by atoms with Crippen LogP contribution in [0.25, 0.3) is 0 Å². The minimum absolute atomic E-state index is 0.884. The van der Waals surface area contributed by atoms with Gasteiger partial charge in [-0.1, -0.05) is 115 Å². The molecule has 2 aromatic carbocycles. The molecule has 0 aliphatic heterocycles. The normalized spacial score (nSPS) is 9.41. The first-order valence-electron chi connectivity index (χ1n) is 10.5. The highest BCUT2D eigenvalue weighted by atomic mass is 32.1. The number of hydrogen-bond donors (Lipinski definition) is 1. The van der Waals surface area contributed by atoms with Crippen molar-refractivity contribution in [3.05, 3.63) is 71.8 Å². The van der Waals surface area contributed by atoms with E-state index >= 15 is 0 Å². The Morgan fingerprint density at radius 2 is 0.852 bits per heavy atom. The van der Waals surface area contributed by atoms with Gasteiger partial charge in [0.05, 0.1) is 0 Å². The molecule has 0 N–H and O–H groups in total. The van der Waals surface area contributed by atoms with Gasteiger partial charge in [-0.25, -0.2) is 0 Å². The molecular weight excluding hydrogens is 344 g/mol. The second-order valence-electron chi connectivity index (χ2n) is 7.43. The van der Waals surface area contributed by atoms with Crippen LogP contribution < -0.4 is 0 Å². The molecule has 2 aromatic rings. The van der Waals surface area contributed by atoms with Gasteiger partial charge in [0.15, 0.2) is 0 Å². The van der Waals surface area contributed by atoms with E-state index in [1.54, 1.807) is 6.26 Å². The van der Waals surface area contributed by atoms with Crippen LogP contribution in [0, 0.1) is 11.8 Å². The molecule has 0 nitrogen and oxygen atoms in total. The molecule has 0 aliphatic carbocycles. The first-order valence-corrected chi connectivity index (χ1v) is 11.4. The van der Waals surface area contributed by atoms with Gasteiger partial charge < -0.3 is 0 Å². The molecule has 0 spiro atoms. The summed E-state index contributed by atoms with van der Waals surface area (Å²) in [6.07, 6.45) is 7.89. The van der Waals surface area contributed by atoms with Crippen LogP contribution in [-0.2, 0) is 12.8 Å². The van der Waals surface area contributed by atoms with Crippen LogP contribution in [0.4, 0.5) is 0 Å². The van der Waals surface area contributed by atoms with E-state index in [-0.39, 0.29) is 0 Å². The van der Waals surface area contributed by atoms with Crippen LogP contribution >= 0.6 is 12.6 Å². The van der Waals surface area contributed by atoms with Crippen molar-refractivity contribution < 1.29 is 0 Å². The number of rotatable bonds is 6. The molecule has 0 amide bonds. The fourth-order valence-electron chi connectivity index (χ4n) is 1.79. The highest BCUT2D eigenvalue weighted by Gasteiger charge is 1.93. The molecular formula is C26H44S. The standard InChI is InChI=1S/C15H16.2C5H12.CH4S/c1-3-8-14(9-4-1)12-7-13-15-10-5-2-6-11-15;2*1-4-5(2)3;1-2/h1-6,8-11H,7,12-13H2;2*5H,4H2,1-3H3;2H,1H3. The van der Waals surface area contributed by atoms with Gasteiger partial charge in [0, 0.05) is 0 Å². The van der Waals surface area contributed by atoms with Crippen LogP contribution in [0.5, 0.6) is 0 Å². The minimum Gasteiger partial charge on any atom is -0.183 e. The molecule has 27 heavy (non-hydrogen) atoms. The van der Waals surface area contributed by atoms with Crippen molar-refractivity contribution >= 4 is 12.6 Å². The fraction of sp³-hybridized carbons (Fsp3) is 0.538. The van der Waals surface area contributed by atoms with Crippen molar-refractivity contribution in [1.29, 1.82) is 0 Å². The molecule has 0 heterocycles. The Morgan fingerprint density at radius 3 is 1.07 bits per heavy atom. The van der Waals surface area contributed by atoms with Crippen molar-refractivity contribution in [3.63, 3.8) is 0 Å². The molecule has 0 fully saturated rings. The first kappa shape index (κ1) is 28.0. The van der Waals surface area contributed by atoms with Crippen LogP contribution in [-0.4, -0.2) is 6.26 Å². The molecule has 0 saturated heterocycles. The van der Waals surface area contributed by atoms with E-state index in [0.717, 1.165) is 11.8 Å². The smallest absolute Gasteiger partial charge is 0.0215 e. The Bertz CT molecular complexity index is 441. The van der Waals surface area contributed by atoms with E-state index < -0.39 is 0 Å². The Kier molecular flexibility index (Phi) is 21.9.